The lowest BCUT2D eigenvalue weighted by Gasteiger charge is -2.32. The third kappa shape index (κ3) is 3.28. The Balaban J connectivity index is 1.77. The van der Waals surface area contributed by atoms with Crippen LogP contribution in [0.25, 0.3) is 22.0 Å². The molecule has 1 aliphatic heterocycles. The normalized spacial score (nSPS) is 20.4. The summed E-state index contributed by atoms with van der Waals surface area (Å²) < 4.78 is 7.95. The van der Waals surface area contributed by atoms with Crippen molar-refractivity contribution in [1.29, 1.82) is 5.26 Å². The van der Waals surface area contributed by atoms with E-state index >= 15 is 0 Å². The molecule has 5 rings (SSSR count). The third-order valence-corrected chi connectivity index (χ3v) is 6.84. The van der Waals surface area contributed by atoms with Gasteiger partial charge in [-0.15, -0.1) is 0 Å². The van der Waals surface area contributed by atoms with E-state index in [9.17, 15) is 10.4 Å². The third-order valence-electron chi connectivity index (χ3n) is 6.84. The molecule has 160 valence electrons. The molecule has 1 N–H and O–H groups in total. The van der Waals surface area contributed by atoms with Gasteiger partial charge in [0.15, 0.2) is 6.23 Å². The molecule has 1 aromatic carbocycles. The number of hydrogen-bond donors (Lipinski definition) is 1. The largest absolute Gasteiger partial charge is 0.492 e. The summed E-state index contributed by atoms with van der Waals surface area (Å²) in [5.41, 5.74) is 6.24. The van der Waals surface area contributed by atoms with E-state index in [0.29, 0.717) is 0 Å². The zero-order valence-corrected chi connectivity index (χ0v) is 18.4. The van der Waals surface area contributed by atoms with Gasteiger partial charge in [0.1, 0.15) is 11.6 Å². The van der Waals surface area contributed by atoms with E-state index in [1.807, 2.05) is 10.9 Å². The van der Waals surface area contributed by atoms with Crippen LogP contribution in [0.1, 0.15) is 68.1 Å². The number of ether oxygens (including phenoxy) is 1. The van der Waals surface area contributed by atoms with Gasteiger partial charge in [0.2, 0.25) is 5.88 Å². The van der Waals surface area contributed by atoms with Gasteiger partial charge in [-0.3, -0.25) is 0 Å². The second kappa shape index (κ2) is 7.35. The topological polar surface area (TPSA) is 84.0 Å². The Kier molecular flexibility index (Phi) is 4.75. The van der Waals surface area contributed by atoms with Crippen molar-refractivity contribution in [2.24, 2.45) is 5.41 Å². The molecule has 0 radical (unpaired) electrons. The molecule has 3 heterocycles. The average Bonchev–Trinajstić information content (AvgIpc) is 3.17. The molecule has 0 bridgehead atoms. The monoisotopic (exact) mass is 416 g/mol. The summed E-state index contributed by atoms with van der Waals surface area (Å²) >= 11 is 0. The van der Waals surface area contributed by atoms with Crippen molar-refractivity contribution in [1.82, 2.24) is 14.8 Å². The van der Waals surface area contributed by atoms with E-state index in [2.05, 4.69) is 49.1 Å². The van der Waals surface area contributed by atoms with Gasteiger partial charge in [0, 0.05) is 23.3 Å². The van der Waals surface area contributed by atoms with E-state index in [-0.39, 0.29) is 23.1 Å². The number of nitrogens with zero attached hydrogens (tertiary/aromatic N) is 4. The number of hydrogen-bond acceptors (Lipinski definition) is 5. The maximum Gasteiger partial charge on any atom is 0.230 e. The number of fused-ring (bicyclic) bond motifs is 2. The maximum absolute atomic E-state index is 10.7. The summed E-state index contributed by atoms with van der Waals surface area (Å²) in [7, 11) is 0. The SMILES string of the molecule is Cc1ccc2c(cnn2C2CCCCO2)c1-c1c(C#N)c(O)nc2c1CCC(C)(C)C2. The van der Waals surface area contributed by atoms with E-state index < -0.39 is 0 Å². The van der Waals surface area contributed by atoms with Gasteiger partial charge in [0.25, 0.3) is 0 Å². The first-order valence-corrected chi connectivity index (χ1v) is 11.1. The Morgan fingerprint density at radius 1 is 1.26 bits per heavy atom. The Labute approximate surface area is 182 Å². The number of rotatable bonds is 2. The minimum Gasteiger partial charge on any atom is -0.492 e. The Bertz CT molecular complexity index is 1210. The fourth-order valence-corrected chi connectivity index (χ4v) is 5.17. The van der Waals surface area contributed by atoms with Gasteiger partial charge in [-0.1, -0.05) is 19.9 Å². The second-order valence-electron chi connectivity index (χ2n) is 9.66. The van der Waals surface area contributed by atoms with Crippen LogP contribution >= 0.6 is 0 Å². The van der Waals surface area contributed by atoms with Crippen molar-refractivity contribution in [3.8, 4) is 23.1 Å². The molecule has 3 aromatic rings. The fraction of sp³-hybridized carbons (Fsp3) is 0.480. The highest BCUT2D eigenvalue weighted by Gasteiger charge is 2.32. The zero-order chi connectivity index (χ0) is 21.8. The van der Waals surface area contributed by atoms with Gasteiger partial charge >= 0.3 is 0 Å². The molecule has 6 heteroatoms. The van der Waals surface area contributed by atoms with Crippen molar-refractivity contribution < 1.29 is 9.84 Å². The number of aromatic nitrogens is 3. The standard InChI is InChI=1S/C25H28N4O2/c1-15-7-8-20-18(14-27-29(20)21-6-4-5-11-31-21)22(15)23-16-9-10-25(2,3)12-19(16)28-24(30)17(23)13-26/h7-8,14,21H,4-6,9-12H2,1-3H3,(H,28,30). The second-order valence-corrected chi connectivity index (χ2v) is 9.66. The molecule has 1 unspecified atom stereocenters. The molecule has 1 aliphatic carbocycles. The van der Waals surface area contributed by atoms with Crippen molar-refractivity contribution in [2.75, 3.05) is 6.61 Å². The van der Waals surface area contributed by atoms with Crippen molar-refractivity contribution >= 4 is 10.9 Å². The first kappa shape index (κ1) is 20.0. The van der Waals surface area contributed by atoms with E-state index in [0.717, 1.165) is 84.0 Å². The molecule has 2 aliphatic rings. The summed E-state index contributed by atoms with van der Waals surface area (Å²) in [6.07, 6.45) is 7.65. The van der Waals surface area contributed by atoms with Gasteiger partial charge in [0.05, 0.1) is 11.7 Å². The lowest BCUT2D eigenvalue weighted by atomic mass is 9.73. The predicted molar refractivity (Wildman–Crippen MR) is 119 cm³/mol. The molecular weight excluding hydrogens is 388 g/mol. The number of benzene rings is 1. The Hall–Kier alpha value is -2.91. The maximum atomic E-state index is 10.7. The smallest absolute Gasteiger partial charge is 0.230 e. The molecule has 1 saturated heterocycles. The highest BCUT2D eigenvalue weighted by Crippen LogP contribution is 2.45. The van der Waals surface area contributed by atoms with E-state index in [1.165, 1.54) is 0 Å². The van der Waals surface area contributed by atoms with Crippen molar-refractivity contribution in [3.05, 3.63) is 40.7 Å². The quantitative estimate of drug-likeness (QED) is 0.621. The van der Waals surface area contributed by atoms with Crippen LogP contribution in [0, 0.1) is 23.7 Å². The summed E-state index contributed by atoms with van der Waals surface area (Å²) in [6.45, 7) is 7.27. The molecule has 0 spiro atoms. The molecule has 0 amide bonds. The average molecular weight is 417 g/mol. The highest BCUT2D eigenvalue weighted by atomic mass is 16.5. The Morgan fingerprint density at radius 3 is 2.84 bits per heavy atom. The van der Waals surface area contributed by atoms with Crippen LogP contribution in [0.15, 0.2) is 18.3 Å². The lowest BCUT2D eigenvalue weighted by molar-refractivity contribution is -0.0366. The highest BCUT2D eigenvalue weighted by molar-refractivity contribution is 5.99. The minimum atomic E-state index is -0.173. The molecule has 1 fully saturated rings. The van der Waals surface area contributed by atoms with Crippen LogP contribution in [-0.2, 0) is 17.6 Å². The fourth-order valence-electron chi connectivity index (χ4n) is 5.17. The number of aryl methyl sites for hydroxylation is 1. The number of pyridine rings is 1. The van der Waals surface area contributed by atoms with Crippen LogP contribution in [0.2, 0.25) is 0 Å². The molecule has 31 heavy (non-hydrogen) atoms. The van der Waals surface area contributed by atoms with Crippen molar-refractivity contribution in [2.45, 2.75) is 65.5 Å². The molecular formula is C25H28N4O2. The van der Waals surface area contributed by atoms with Gasteiger partial charge in [-0.25, -0.2) is 9.67 Å². The summed E-state index contributed by atoms with van der Waals surface area (Å²) in [6, 6.07) is 6.40. The van der Waals surface area contributed by atoms with Gasteiger partial charge < -0.3 is 9.84 Å². The number of aromatic hydroxyl groups is 1. The lowest BCUT2D eigenvalue weighted by Crippen LogP contribution is -2.24. The zero-order valence-electron chi connectivity index (χ0n) is 18.4. The predicted octanol–water partition coefficient (Wildman–Crippen LogP) is 5.20. The van der Waals surface area contributed by atoms with Gasteiger partial charge in [-0.05, 0) is 73.6 Å². The van der Waals surface area contributed by atoms with Crippen LogP contribution in [0.3, 0.4) is 0 Å². The molecule has 0 saturated carbocycles. The summed E-state index contributed by atoms with van der Waals surface area (Å²) in [4.78, 5) is 4.45. The molecule has 1 atom stereocenters. The summed E-state index contributed by atoms with van der Waals surface area (Å²) in [5, 5.41) is 26.3. The van der Waals surface area contributed by atoms with Crippen LogP contribution in [-0.4, -0.2) is 26.5 Å². The first-order valence-electron chi connectivity index (χ1n) is 11.1. The molecule has 6 nitrogen and oxygen atoms in total. The number of nitriles is 1. The van der Waals surface area contributed by atoms with Gasteiger partial charge in [-0.2, -0.15) is 10.4 Å². The van der Waals surface area contributed by atoms with E-state index in [4.69, 9.17) is 4.74 Å². The Morgan fingerprint density at radius 2 is 2.10 bits per heavy atom. The summed E-state index contributed by atoms with van der Waals surface area (Å²) in [5.74, 6) is -0.173. The van der Waals surface area contributed by atoms with Crippen molar-refractivity contribution in [3.63, 3.8) is 0 Å². The minimum absolute atomic E-state index is 0.0576. The van der Waals surface area contributed by atoms with Crippen LogP contribution in [0.4, 0.5) is 0 Å². The first-order chi connectivity index (χ1) is 14.9. The van der Waals surface area contributed by atoms with E-state index in [1.54, 1.807) is 0 Å². The van der Waals surface area contributed by atoms with Crippen LogP contribution < -0.4 is 0 Å². The van der Waals surface area contributed by atoms with Crippen LogP contribution in [0.5, 0.6) is 5.88 Å². The molecule has 2 aromatic heterocycles.